The van der Waals surface area contributed by atoms with Crippen LogP contribution in [0.5, 0.6) is 0 Å². The molecular weight excluding hydrogens is 539 g/mol. The van der Waals surface area contributed by atoms with Gasteiger partial charge in [0.25, 0.3) is 10.0 Å². The van der Waals surface area contributed by atoms with Gasteiger partial charge < -0.3 is 10.6 Å². The van der Waals surface area contributed by atoms with Crippen LogP contribution in [0.25, 0.3) is 0 Å². The molecule has 1 aromatic heterocycles. The van der Waals surface area contributed by atoms with Crippen molar-refractivity contribution in [3.63, 3.8) is 0 Å². The molecule has 0 bridgehead atoms. The molecule has 2 aromatic carbocycles. The van der Waals surface area contributed by atoms with Crippen molar-refractivity contribution in [2.24, 2.45) is 0 Å². The minimum atomic E-state index is -4.00. The van der Waals surface area contributed by atoms with Crippen LogP contribution in [0.3, 0.4) is 0 Å². The summed E-state index contributed by atoms with van der Waals surface area (Å²) in [5.74, 6) is 0.154. The fourth-order valence-electron chi connectivity index (χ4n) is 3.36. The van der Waals surface area contributed by atoms with Crippen LogP contribution in [0.4, 0.5) is 23.1 Å². The predicted octanol–water partition coefficient (Wildman–Crippen LogP) is 2.42. The van der Waals surface area contributed by atoms with Gasteiger partial charge in [-0.25, -0.2) is 31.3 Å². The SMILES string of the molecule is CCC(=O)NS(=O)(=O)c1cccc(Nc2ncc(C)c(Nc3cccc(CNS(=O)(=O)C4CC4)c3)n2)c1.[NaH]. The van der Waals surface area contributed by atoms with Crippen molar-refractivity contribution in [2.45, 2.75) is 49.8 Å². The van der Waals surface area contributed by atoms with Gasteiger partial charge in [-0.2, -0.15) is 4.98 Å². The Morgan fingerprint density at radius 1 is 1.00 bits per heavy atom. The molecule has 1 heterocycles. The van der Waals surface area contributed by atoms with Crippen LogP contribution in [0.15, 0.2) is 59.6 Å². The molecule has 38 heavy (non-hydrogen) atoms. The second-order valence-corrected chi connectivity index (χ2v) is 12.4. The van der Waals surface area contributed by atoms with E-state index in [1.54, 1.807) is 25.3 Å². The maximum absolute atomic E-state index is 12.4. The van der Waals surface area contributed by atoms with E-state index in [9.17, 15) is 21.6 Å². The Balaban J connectivity index is 0.00000400. The van der Waals surface area contributed by atoms with Gasteiger partial charge in [-0.3, -0.25) is 4.79 Å². The molecule has 1 saturated carbocycles. The summed E-state index contributed by atoms with van der Waals surface area (Å²) in [5, 5.41) is 5.93. The molecule has 1 amide bonds. The Bertz CT molecular complexity index is 1530. The topological polar surface area (TPSA) is 159 Å². The molecule has 1 fully saturated rings. The third-order valence-corrected chi connectivity index (χ3v) is 8.84. The van der Waals surface area contributed by atoms with Crippen LogP contribution in [0, 0.1) is 6.92 Å². The molecule has 4 N–H and O–H groups in total. The quantitative estimate of drug-likeness (QED) is 0.255. The van der Waals surface area contributed by atoms with E-state index in [0.717, 1.165) is 16.8 Å². The third kappa shape index (κ3) is 7.98. The number of rotatable bonds is 11. The standard InChI is InChI=1S/C24H28N6O5S2.Na.H/c1-3-22(31)30-37(34,35)21-9-5-8-19(13-21)28-24-25-14-16(2)23(29-24)27-18-7-4-6-17(12-18)15-26-36(32,33)20-10-11-20;;/h4-9,12-14,20,26H,3,10-11,15H2,1-2H3,(H,30,31)(H2,25,27,28,29);;. The summed E-state index contributed by atoms with van der Waals surface area (Å²) >= 11 is 0. The molecule has 3 aromatic rings. The summed E-state index contributed by atoms with van der Waals surface area (Å²) < 4.78 is 53.7. The summed E-state index contributed by atoms with van der Waals surface area (Å²) in [7, 11) is -7.27. The van der Waals surface area contributed by atoms with Crippen LogP contribution in [-0.4, -0.2) is 67.5 Å². The minimum absolute atomic E-state index is 0. The van der Waals surface area contributed by atoms with Crippen LogP contribution < -0.4 is 20.1 Å². The van der Waals surface area contributed by atoms with E-state index in [1.807, 2.05) is 35.9 Å². The molecule has 11 nitrogen and oxygen atoms in total. The van der Waals surface area contributed by atoms with Crippen molar-refractivity contribution in [3.8, 4) is 0 Å². The molecule has 0 saturated heterocycles. The Kier molecular flexibility index (Phi) is 9.90. The molecule has 0 radical (unpaired) electrons. The van der Waals surface area contributed by atoms with Gasteiger partial charge in [-0.15, -0.1) is 0 Å². The van der Waals surface area contributed by atoms with Crippen molar-refractivity contribution in [2.75, 3.05) is 10.6 Å². The fraction of sp³-hybridized carbons (Fsp3) is 0.292. The number of carbonyl (C=O) groups excluding carboxylic acids is 1. The molecule has 14 heteroatoms. The number of anilines is 4. The fourth-order valence-corrected chi connectivity index (χ4v) is 5.82. The number of benzene rings is 2. The average molecular weight is 569 g/mol. The first kappa shape index (κ1) is 30.0. The molecular formula is C24H29N6NaO5S2. The number of hydrogen-bond donors (Lipinski definition) is 4. The van der Waals surface area contributed by atoms with Gasteiger partial charge in [-0.05, 0) is 55.7 Å². The first-order valence-electron chi connectivity index (χ1n) is 11.7. The number of sulfonamides is 2. The van der Waals surface area contributed by atoms with Gasteiger partial charge in [-0.1, -0.05) is 25.1 Å². The number of nitrogens with zero attached hydrogens (tertiary/aromatic N) is 2. The van der Waals surface area contributed by atoms with Crippen molar-refractivity contribution < 1.29 is 21.6 Å². The zero-order valence-corrected chi connectivity index (χ0v) is 22.0. The average Bonchev–Trinajstić information content (AvgIpc) is 3.72. The Hall–Kier alpha value is -2.55. The molecule has 4 rings (SSSR count). The van der Waals surface area contributed by atoms with Crippen molar-refractivity contribution in [1.82, 2.24) is 19.4 Å². The zero-order valence-electron chi connectivity index (χ0n) is 20.4. The van der Waals surface area contributed by atoms with E-state index < -0.39 is 26.0 Å². The van der Waals surface area contributed by atoms with Gasteiger partial charge in [0.2, 0.25) is 21.9 Å². The maximum atomic E-state index is 12.4. The Morgan fingerprint density at radius 3 is 2.37 bits per heavy atom. The molecule has 1 aliphatic carbocycles. The summed E-state index contributed by atoms with van der Waals surface area (Å²) in [5.41, 5.74) is 2.71. The van der Waals surface area contributed by atoms with Crippen molar-refractivity contribution >= 4 is 78.7 Å². The van der Waals surface area contributed by atoms with Crippen molar-refractivity contribution in [3.05, 3.63) is 65.9 Å². The first-order valence-corrected chi connectivity index (χ1v) is 14.7. The van der Waals surface area contributed by atoms with E-state index in [-0.39, 0.29) is 58.6 Å². The number of carbonyl (C=O) groups is 1. The zero-order chi connectivity index (χ0) is 26.6. The number of hydrogen-bond acceptors (Lipinski definition) is 9. The molecule has 0 aliphatic heterocycles. The predicted molar refractivity (Wildman–Crippen MR) is 148 cm³/mol. The van der Waals surface area contributed by atoms with E-state index in [2.05, 4.69) is 25.3 Å². The number of amides is 1. The van der Waals surface area contributed by atoms with Crippen LogP contribution in [-0.2, 0) is 31.4 Å². The van der Waals surface area contributed by atoms with E-state index >= 15 is 0 Å². The van der Waals surface area contributed by atoms with Gasteiger partial charge >= 0.3 is 29.6 Å². The second kappa shape index (κ2) is 12.5. The molecule has 0 unspecified atom stereocenters. The molecule has 0 spiro atoms. The monoisotopic (exact) mass is 568 g/mol. The first-order chi connectivity index (χ1) is 17.6. The number of nitrogens with one attached hydrogen (secondary N) is 4. The van der Waals surface area contributed by atoms with Gasteiger partial charge in [0.1, 0.15) is 5.82 Å². The Morgan fingerprint density at radius 2 is 1.68 bits per heavy atom. The third-order valence-electron chi connectivity index (χ3n) is 5.57. The van der Waals surface area contributed by atoms with E-state index in [1.165, 1.54) is 12.1 Å². The van der Waals surface area contributed by atoms with Gasteiger partial charge in [0.15, 0.2) is 0 Å². The summed E-state index contributed by atoms with van der Waals surface area (Å²) in [4.78, 5) is 20.3. The van der Waals surface area contributed by atoms with E-state index in [4.69, 9.17) is 0 Å². The van der Waals surface area contributed by atoms with Crippen molar-refractivity contribution in [1.29, 1.82) is 0 Å². The molecule has 0 atom stereocenters. The Labute approximate surface area is 244 Å². The normalized spacial score (nSPS) is 13.3. The summed E-state index contributed by atoms with van der Waals surface area (Å²) in [6.45, 7) is 3.60. The van der Waals surface area contributed by atoms with E-state index in [0.29, 0.717) is 24.3 Å². The number of aromatic nitrogens is 2. The van der Waals surface area contributed by atoms with Crippen LogP contribution in [0.2, 0.25) is 0 Å². The summed E-state index contributed by atoms with van der Waals surface area (Å²) in [6, 6.07) is 13.3. The molecule has 198 valence electrons. The number of aryl methyl sites for hydroxylation is 1. The second-order valence-electron chi connectivity index (χ2n) is 8.65. The van der Waals surface area contributed by atoms with Crippen LogP contribution in [0.1, 0.15) is 37.3 Å². The summed E-state index contributed by atoms with van der Waals surface area (Å²) in [6.07, 6.45) is 3.07. The van der Waals surface area contributed by atoms with Gasteiger partial charge in [0.05, 0.1) is 10.1 Å². The van der Waals surface area contributed by atoms with Crippen LogP contribution >= 0.6 is 0 Å². The molecule has 1 aliphatic rings. The van der Waals surface area contributed by atoms with Gasteiger partial charge in [0, 0.05) is 36.1 Å².